The van der Waals surface area contributed by atoms with Crippen molar-refractivity contribution in [3.63, 3.8) is 0 Å². The molecule has 1 amide bonds. The molecule has 0 aliphatic heterocycles. The second kappa shape index (κ2) is 8.28. The van der Waals surface area contributed by atoms with E-state index in [1.807, 2.05) is 30.3 Å². The van der Waals surface area contributed by atoms with E-state index in [-0.39, 0.29) is 10.8 Å². The first kappa shape index (κ1) is 20.1. The van der Waals surface area contributed by atoms with Gasteiger partial charge in [-0.25, -0.2) is 8.42 Å². The second-order valence-corrected chi connectivity index (χ2v) is 10.5. The minimum atomic E-state index is -3.59. The Hall–Kier alpha value is -2.18. The summed E-state index contributed by atoms with van der Waals surface area (Å²) in [4.78, 5) is 12.6. The molecular weight excluding hydrogens is 384 g/mol. The van der Waals surface area contributed by atoms with Crippen LogP contribution < -0.4 is 5.32 Å². The van der Waals surface area contributed by atoms with Gasteiger partial charge in [-0.1, -0.05) is 36.8 Å². The van der Waals surface area contributed by atoms with Gasteiger partial charge in [-0.2, -0.15) is 4.31 Å². The molecule has 6 heteroatoms. The summed E-state index contributed by atoms with van der Waals surface area (Å²) in [7, 11) is -2.01. The van der Waals surface area contributed by atoms with Crippen LogP contribution in [0, 0.1) is 17.8 Å². The van der Waals surface area contributed by atoms with E-state index >= 15 is 0 Å². The van der Waals surface area contributed by atoms with Gasteiger partial charge in [0, 0.05) is 25.7 Å². The Labute approximate surface area is 173 Å². The molecule has 3 unspecified atom stereocenters. The van der Waals surface area contributed by atoms with Crippen LogP contribution in [0.1, 0.15) is 37.7 Å². The molecule has 0 heterocycles. The number of benzene rings is 2. The first-order valence-electron chi connectivity index (χ1n) is 10.3. The zero-order valence-electron chi connectivity index (χ0n) is 16.8. The fourth-order valence-corrected chi connectivity index (χ4v) is 6.05. The molecule has 29 heavy (non-hydrogen) atoms. The summed E-state index contributed by atoms with van der Waals surface area (Å²) < 4.78 is 27.0. The molecule has 0 spiro atoms. The Morgan fingerprint density at radius 1 is 1.03 bits per heavy atom. The van der Waals surface area contributed by atoms with Gasteiger partial charge in [0.2, 0.25) is 15.9 Å². The van der Waals surface area contributed by atoms with Crippen LogP contribution in [0.2, 0.25) is 0 Å². The van der Waals surface area contributed by atoms with Crippen LogP contribution >= 0.6 is 0 Å². The molecule has 2 saturated carbocycles. The van der Waals surface area contributed by atoms with Crippen molar-refractivity contribution in [1.82, 2.24) is 4.31 Å². The third kappa shape index (κ3) is 4.54. The smallest absolute Gasteiger partial charge is 0.243 e. The number of amides is 1. The molecule has 2 aromatic carbocycles. The van der Waals surface area contributed by atoms with E-state index in [1.54, 1.807) is 31.3 Å². The molecule has 1 N–H and O–H groups in total. The Bertz CT molecular complexity index is 957. The Morgan fingerprint density at radius 3 is 2.38 bits per heavy atom. The summed E-state index contributed by atoms with van der Waals surface area (Å²) in [5.41, 5.74) is 1.57. The minimum Gasteiger partial charge on any atom is -0.326 e. The van der Waals surface area contributed by atoms with Crippen molar-refractivity contribution >= 4 is 21.6 Å². The average molecular weight is 413 g/mol. The molecule has 5 nitrogen and oxygen atoms in total. The highest BCUT2D eigenvalue weighted by atomic mass is 32.2. The van der Waals surface area contributed by atoms with Crippen LogP contribution in [-0.2, 0) is 21.4 Å². The van der Waals surface area contributed by atoms with E-state index < -0.39 is 10.0 Å². The third-order valence-electron chi connectivity index (χ3n) is 6.43. The van der Waals surface area contributed by atoms with Gasteiger partial charge in [-0.05, 0) is 66.8 Å². The van der Waals surface area contributed by atoms with Crippen molar-refractivity contribution in [2.45, 2.75) is 43.5 Å². The molecule has 2 aromatic rings. The maximum atomic E-state index is 12.8. The summed E-state index contributed by atoms with van der Waals surface area (Å²) in [6.07, 6.45) is 5.65. The van der Waals surface area contributed by atoms with Crippen LogP contribution in [-0.4, -0.2) is 25.7 Å². The predicted octanol–water partition coefficient (Wildman–Crippen LogP) is 4.27. The van der Waals surface area contributed by atoms with E-state index in [1.165, 1.54) is 30.0 Å². The Kier molecular flexibility index (Phi) is 5.74. The third-order valence-corrected chi connectivity index (χ3v) is 8.24. The summed E-state index contributed by atoms with van der Waals surface area (Å²) in [6.45, 7) is 0.311. The summed E-state index contributed by atoms with van der Waals surface area (Å²) in [5.74, 6) is 2.09. The zero-order valence-corrected chi connectivity index (χ0v) is 17.6. The van der Waals surface area contributed by atoms with Gasteiger partial charge in [0.15, 0.2) is 0 Å². The van der Waals surface area contributed by atoms with E-state index in [0.717, 1.165) is 17.4 Å². The lowest BCUT2D eigenvalue weighted by Gasteiger charge is -2.21. The zero-order chi connectivity index (χ0) is 20.4. The molecule has 0 saturated heterocycles. The molecule has 3 atom stereocenters. The lowest BCUT2D eigenvalue weighted by atomic mass is 9.86. The molecule has 2 aliphatic carbocycles. The lowest BCUT2D eigenvalue weighted by molar-refractivity contribution is -0.117. The number of carbonyl (C=O) groups excluding carboxylic acids is 1. The standard InChI is InChI=1S/C23H28N2O3S/c1-25(16-17-5-3-2-4-6-17)29(27,28)22-11-9-21(10-12-22)24-23(26)15-20-14-18-7-8-19(20)13-18/h2-6,9-12,18-20H,7-8,13-16H2,1H3,(H,24,26). The summed E-state index contributed by atoms with van der Waals surface area (Å²) in [5, 5.41) is 2.93. The van der Waals surface area contributed by atoms with Gasteiger partial charge >= 0.3 is 0 Å². The van der Waals surface area contributed by atoms with E-state index in [0.29, 0.717) is 24.6 Å². The van der Waals surface area contributed by atoms with Crippen LogP contribution in [0.3, 0.4) is 0 Å². The van der Waals surface area contributed by atoms with Crippen LogP contribution in [0.4, 0.5) is 5.69 Å². The Morgan fingerprint density at radius 2 is 1.76 bits per heavy atom. The highest BCUT2D eigenvalue weighted by molar-refractivity contribution is 7.89. The predicted molar refractivity (Wildman–Crippen MR) is 114 cm³/mol. The first-order chi connectivity index (χ1) is 13.9. The van der Waals surface area contributed by atoms with Crippen molar-refractivity contribution in [2.24, 2.45) is 17.8 Å². The fourth-order valence-electron chi connectivity index (χ4n) is 4.89. The van der Waals surface area contributed by atoms with Gasteiger partial charge in [0.1, 0.15) is 0 Å². The van der Waals surface area contributed by atoms with Gasteiger partial charge in [-0.15, -0.1) is 0 Å². The second-order valence-electron chi connectivity index (χ2n) is 8.46. The number of rotatable bonds is 7. The number of sulfonamides is 1. The van der Waals surface area contributed by atoms with Crippen molar-refractivity contribution in [3.8, 4) is 0 Å². The highest BCUT2D eigenvalue weighted by Gasteiger charge is 2.40. The van der Waals surface area contributed by atoms with Crippen molar-refractivity contribution in [2.75, 3.05) is 12.4 Å². The summed E-state index contributed by atoms with van der Waals surface area (Å²) >= 11 is 0. The largest absolute Gasteiger partial charge is 0.326 e. The number of hydrogen-bond acceptors (Lipinski definition) is 3. The van der Waals surface area contributed by atoms with Gasteiger partial charge in [0.25, 0.3) is 0 Å². The van der Waals surface area contributed by atoms with Crippen molar-refractivity contribution in [3.05, 3.63) is 60.2 Å². The molecule has 0 aromatic heterocycles. The van der Waals surface area contributed by atoms with E-state index in [9.17, 15) is 13.2 Å². The van der Waals surface area contributed by atoms with Gasteiger partial charge in [-0.3, -0.25) is 4.79 Å². The maximum absolute atomic E-state index is 12.8. The SMILES string of the molecule is CN(Cc1ccccc1)S(=O)(=O)c1ccc(NC(=O)CC2CC3CCC2C3)cc1. The topological polar surface area (TPSA) is 66.5 Å². The summed E-state index contributed by atoms with van der Waals surface area (Å²) in [6, 6.07) is 16.0. The Balaban J connectivity index is 1.36. The molecule has 4 rings (SSSR count). The first-order valence-corrected chi connectivity index (χ1v) is 11.8. The van der Waals surface area contributed by atoms with Gasteiger partial charge < -0.3 is 5.32 Å². The molecular formula is C23H28N2O3S. The van der Waals surface area contributed by atoms with Gasteiger partial charge in [0.05, 0.1) is 4.90 Å². The maximum Gasteiger partial charge on any atom is 0.243 e. The van der Waals surface area contributed by atoms with Crippen molar-refractivity contribution < 1.29 is 13.2 Å². The number of anilines is 1. The fraction of sp³-hybridized carbons (Fsp3) is 0.435. The average Bonchev–Trinajstić information content (AvgIpc) is 3.32. The molecule has 2 fully saturated rings. The van der Waals surface area contributed by atoms with E-state index in [4.69, 9.17) is 0 Å². The monoisotopic (exact) mass is 412 g/mol. The number of nitrogens with zero attached hydrogens (tertiary/aromatic N) is 1. The number of hydrogen-bond donors (Lipinski definition) is 1. The lowest BCUT2D eigenvalue weighted by Crippen LogP contribution is -2.26. The minimum absolute atomic E-state index is 0.0272. The van der Waals surface area contributed by atoms with E-state index in [2.05, 4.69) is 5.32 Å². The van der Waals surface area contributed by atoms with Crippen LogP contribution in [0.5, 0.6) is 0 Å². The number of fused-ring (bicyclic) bond motifs is 2. The van der Waals surface area contributed by atoms with Crippen molar-refractivity contribution in [1.29, 1.82) is 0 Å². The quantitative estimate of drug-likeness (QED) is 0.738. The van der Waals surface area contributed by atoms with Crippen LogP contribution in [0.15, 0.2) is 59.5 Å². The van der Waals surface area contributed by atoms with Crippen LogP contribution in [0.25, 0.3) is 0 Å². The molecule has 2 bridgehead atoms. The number of carbonyl (C=O) groups is 1. The molecule has 154 valence electrons. The number of nitrogens with one attached hydrogen (secondary N) is 1. The molecule has 2 aliphatic rings. The highest BCUT2D eigenvalue weighted by Crippen LogP contribution is 2.49. The normalized spacial score (nSPS) is 23.4. The molecule has 0 radical (unpaired) electrons.